The third-order valence-electron chi connectivity index (χ3n) is 20.5. The van der Waals surface area contributed by atoms with Crippen molar-refractivity contribution in [3.8, 4) is 23.3 Å². The third-order valence-corrected chi connectivity index (χ3v) is 20.5. The van der Waals surface area contributed by atoms with Crippen LogP contribution < -0.4 is 0 Å². The lowest BCUT2D eigenvalue weighted by Crippen LogP contribution is -2.69. The Morgan fingerprint density at radius 3 is 1.38 bits per heavy atom. The van der Waals surface area contributed by atoms with Crippen LogP contribution in [0, 0.1) is 34.5 Å². The molecule has 0 radical (unpaired) electrons. The van der Waals surface area contributed by atoms with Gasteiger partial charge in [-0.1, -0.05) is 163 Å². The van der Waals surface area contributed by atoms with Gasteiger partial charge < -0.3 is 4.40 Å². The van der Waals surface area contributed by atoms with Crippen molar-refractivity contribution in [2.45, 2.75) is 87.9 Å². The summed E-state index contributed by atoms with van der Waals surface area (Å²) in [6, 6.07) is 58.5. The van der Waals surface area contributed by atoms with Gasteiger partial charge >= 0.3 is 0 Å². The Bertz CT molecular complexity index is 4200. The molecule has 69 heavy (non-hydrogen) atoms. The van der Waals surface area contributed by atoms with Gasteiger partial charge in [0.2, 0.25) is 0 Å². The van der Waals surface area contributed by atoms with Gasteiger partial charge in [0.25, 0.3) is 0 Å². The molecule has 0 aliphatic heterocycles. The average molecular weight is 884 g/mol. The number of aromatic nitrogens is 1. The van der Waals surface area contributed by atoms with Crippen molar-refractivity contribution in [2.24, 2.45) is 11.8 Å². The van der Waals surface area contributed by atoms with Gasteiger partial charge in [0.05, 0.1) is 39.8 Å². The molecule has 2 aromatic heterocycles. The summed E-state index contributed by atoms with van der Waals surface area (Å²) in [6.45, 7) is 19.5. The zero-order valence-corrected chi connectivity index (χ0v) is 40.3. The van der Waals surface area contributed by atoms with E-state index in [-0.39, 0.29) is 22.7 Å². The first-order chi connectivity index (χ1) is 33.4. The summed E-state index contributed by atoms with van der Waals surface area (Å²) in [7, 11) is 0. The topological polar surface area (TPSA) is 52.0 Å². The van der Waals surface area contributed by atoms with Crippen LogP contribution in [-0.4, -0.2) is 4.40 Å². The maximum atomic E-state index is 11.7. The number of rotatable bonds is 2. The molecule has 2 bridgehead atoms. The largest absolute Gasteiger partial charge is 0.308 e. The molecule has 3 unspecified atom stereocenters. The van der Waals surface area contributed by atoms with Gasteiger partial charge in [-0.25, -0.2) is 0 Å². The van der Waals surface area contributed by atoms with Gasteiger partial charge in [0.1, 0.15) is 0 Å². The van der Waals surface area contributed by atoms with E-state index in [4.69, 9.17) is 0 Å². The van der Waals surface area contributed by atoms with Gasteiger partial charge in [-0.3, -0.25) is 0 Å². The van der Waals surface area contributed by atoms with Crippen LogP contribution in [0.5, 0.6) is 0 Å². The fourth-order valence-corrected chi connectivity index (χ4v) is 18.5. The highest BCUT2D eigenvalue weighted by molar-refractivity contribution is 6.29. The lowest BCUT2D eigenvalue weighted by atomic mass is 9.32. The monoisotopic (exact) mass is 883 g/mol. The van der Waals surface area contributed by atoms with Crippen molar-refractivity contribution in [2.75, 3.05) is 0 Å². The predicted octanol–water partition coefficient (Wildman–Crippen LogP) is 14.7. The van der Waals surface area contributed by atoms with Crippen LogP contribution >= 0.6 is 0 Å². The van der Waals surface area contributed by atoms with Crippen molar-refractivity contribution in [3.63, 3.8) is 0 Å². The molecule has 0 N–H and O–H groups in total. The summed E-state index contributed by atoms with van der Waals surface area (Å²) in [4.78, 5) is 0. The smallest absolute Gasteiger partial charge is 0.0995 e. The SMILES string of the molecule is CC(C)C1(C(C)C)c2ccccc2-c2cc3c4c5c(c(C#N)cc4n4c6cc(C#N)c7c(c6c(c21)c34)C1(C)c2ccccc2C7(C)c2ccccc21)C1(C)c2ccccc2C12c1ccccc1C52C. The van der Waals surface area contributed by atoms with Crippen molar-refractivity contribution in [3.05, 3.63) is 229 Å². The van der Waals surface area contributed by atoms with E-state index in [1.807, 2.05) is 0 Å². The summed E-state index contributed by atoms with van der Waals surface area (Å²) in [5.74, 6) is 0.536. The van der Waals surface area contributed by atoms with E-state index in [0.717, 1.165) is 27.7 Å². The number of hydrogen-bond donors (Lipinski definition) is 0. The number of nitriles is 2. The second-order valence-corrected chi connectivity index (χ2v) is 22.9. The average Bonchev–Trinajstić information content (AvgIpc) is 4.02. The fourth-order valence-electron chi connectivity index (χ4n) is 18.5. The highest BCUT2D eigenvalue weighted by Gasteiger charge is 2.81. The van der Waals surface area contributed by atoms with Gasteiger partial charge in [-0.05, 0) is 133 Å². The molecule has 3 heteroatoms. The normalized spacial score (nSPS) is 26.0. The van der Waals surface area contributed by atoms with Crippen LogP contribution in [0.3, 0.4) is 0 Å². The lowest BCUT2D eigenvalue weighted by molar-refractivity contribution is 0.168. The number of benzene rings is 8. The summed E-state index contributed by atoms with van der Waals surface area (Å²) in [5, 5.41) is 28.5. The molecule has 0 fully saturated rings. The zero-order valence-electron chi connectivity index (χ0n) is 40.3. The van der Waals surface area contributed by atoms with Gasteiger partial charge in [-0.15, -0.1) is 0 Å². The molecule has 328 valence electrons. The van der Waals surface area contributed by atoms with Gasteiger partial charge in [0.15, 0.2) is 0 Å². The molecule has 7 aliphatic rings. The van der Waals surface area contributed by atoms with Crippen molar-refractivity contribution >= 4 is 38.1 Å². The van der Waals surface area contributed by atoms with Gasteiger partial charge in [0, 0.05) is 54.0 Å². The lowest BCUT2D eigenvalue weighted by Gasteiger charge is -2.68. The molecule has 0 saturated carbocycles. The molecule has 10 aromatic rings. The number of nitrogens with zero attached hydrogens (tertiary/aromatic N) is 3. The minimum Gasteiger partial charge on any atom is -0.308 e. The summed E-state index contributed by atoms with van der Waals surface area (Å²) in [5.41, 5.74) is 23.3. The van der Waals surface area contributed by atoms with Crippen LogP contribution in [0.25, 0.3) is 49.2 Å². The van der Waals surface area contributed by atoms with Crippen LogP contribution in [0.15, 0.2) is 140 Å². The number of hydrogen-bond acceptors (Lipinski definition) is 2. The predicted molar refractivity (Wildman–Crippen MR) is 277 cm³/mol. The van der Waals surface area contributed by atoms with E-state index in [1.54, 1.807) is 0 Å². The van der Waals surface area contributed by atoms with Crippen molar-refractivity contribution in [1.29, 1.82) is 10.5 Å². The first-order valence-electron chi connectivity index (χ1n) is 25.1. The fraction of sp³-hybridized carbons (Fsp3) is 0.242. The van der Waals surface area contributed by atoms with Crippen LogP contribution in [0.4, 0.5) is 0 Å². The Hall–Kier alpha value is -7.46. The molecule has 8 aromatic carbocycles. The first kappa shape index (κ1) is 38.5. The standard InChI is InChI=1S/C66H49N3/c1-34(2)65(35(3)4)41-20-10-9-19-38(41)39-31-40-52-50(30-37(33-68)56-59(52)64(8)47-26-16-18-28-49(47)66(64)48-27-17-15-25-46(48)63(56,66)7)69-51-29-36(32-67)55-58(53(51)54(57(39)65)60(40)69)62(6)44-23-13-11-21-42(44)61(55,5)43-22-12-14-24-45(43)62/h9-31,34-35H,1-8H3. The van der Waals surface area contributed by atoms with Crippen LogP contribution in [-0.2, 0) is 32.5 Å². The van der Waals surface area contributed by atoms with E-state index in [2.05, 4.69) is 211 Å². The molecule has 3 nitrogen and oxygen atoms in total. The highest BCUT2D eigenvalue weighted by atomic mass is 14.9. The Labute approximate surface area is 402 Å². The molecule has 0 amide bonds. The molecular formula is C66H49N3. The molecule has 1 spiro atoms. The Morgan fingerprint density at radius 1 is 0.420 bits per heavy atom. The minimum absolute atomic E-state index is 0.268. The van der Waals surface area contributed by atoms with E-state index < -0.39 is 21.7 Å². The minimum atomic E-state index is -0.565. The molecule has 3 atom stereocenters. The van der Waals surface area contributed by atoms with Crippen molar-refractivity contribution in [1.82, 2.24) is 4.40 Å². The third kappa shape index (κ3) is 3.33. The first-order valence-corrected chi connectivity index (χ1v) is 25.1. The van der Waals surface area contributed by atoms with E-state index in [0.29, 0.717) is 0 Å². The van der Waals surface area contributed by atoms with Crippen LogP contribution in [0.1, 0.15) is 144 Å². The van der Waals surface area contributed by atoms with Crippen molar-refractivity contribution < 1.29 is 0 Å². The molecule has 0 saturated heterocycles. The molecule has 7 aliphatic carbocycles. The van der Waals surface area contributed by atoms with Crippen LogP contribution in [0.2, 0.25) is 0 Å². The molecular weight excluding hydrogens is 835 g/mol. The summed E-state index contributed by atoms with van der Waals surface area (Å²) >= 11 is 0. The van der Waals surface area contributed by atoms with Gasteiger partial charge in [-0.2, -0.15) is 10.5 Å². The quantitative estimate of drug-likeness (QED) is 0.174. The maximum Gasteiger partial charge on any atom is 0.0995 e. The summed E-state index contributed by atoms with van der Waals surface area (Å²) in [6.07, 6.45) is 0. The summed E-state index contributed by atoms with van der Waals surface area (Å²) < 4.78 is 2.55. The number of fused-ring (bicyclic) bond motifs is 18. The molecule has 17 rings (SSSR count). The highest BCUT2D eigenvalue weighted by Crippen LogP contribution is 2.83. The Morgan fingerprint density at radius 2 is 0.855 bits per heavy atom. The zero-order chi connectivity index (χ0) is 46.8. The van der Waals surface area contributed by atoms with E-state index in [9.17, 15) is 10.5 Å². The maximum absolute atomic E-state index is 11.7. The molecule has 2 heterocycles. The second kappa shape index (κ2) is 11.3. The van der Waals surface area contributed by atoms with E-state index >= 15 is 0 Å². The second-order valence-electron chi connectivity index (χ2n) is 22.9. The Balaban J connectivity index is 1.20. The van der Waals surface area contributed by atoms with E-state index in [1.165, 1.54) is 111 Å². The Kier molecular flexibility index (Phi) is 6.33.